The molecule has 0 bridgehead atoms. The highest BCUT2D eigenvalue weighted by Gasteiger charge is 2.67. The minimum atomic E-state index is -4.26. The number of hydrogen-bond acceptors (Lipinski definition) is 11. The highest BCUT2D eigenvalue weighted by Crippen LogP contribution is 2.52. The van der Waals surface area contributed by atoms with E-state index in [1.807, 2.05) is 47.0 Å². The second kappa shape index (κ2) is 12.4. The van der Waals surface area contributed by atoms with Crippen molar-refractivity contribution in [2.45, 2.75) is 115 Å². The summed E-state index contributed by atoms with van der Waals surface area (Å²) in [5.74, 6) is -0.647. The molecule has 0 saturated carbocycles. The van der Waals surface area contributed by atoms with Gasteiger partial charge in [-0.1, -0.05) is 47.6 Å². The molecule has 0 radical (unpaired) electrons. The summed E-state index contributed by atoms with van der Waals surface area (Å²) in [5.41, 5.74) is 3.40. The monoisotopic (exact) mass is 687 g/mol. The van der Waals surface area contributed by atoms with Crippen LogP contribution in [0.25, 0.3) is 0 Å². The number of aryl methyl sites for hydroxylation is 1. The van der Waals surface area contributed by atoms with Gasteiger partial charge in [0.15, 0.2) is 28.5 Å². The van der Waals surface area contributed by atoms with Crippen molar-refractivity contribution in [3.05, 3.63) is 55.9 Å². The van der Waals surface area contributed by atoms with E-state index in [4.69, 9.17) is 23.5 Å². The first-order valence-corrected chi connectivity index (χ1v) is 22.1. The van der Waals surface area contributed by atoms with Gasteiger partial charge in [0.25, 0.3) is 15.7 Å². The first kappa shape index (κ1) is 37.1. The van der Waals surface area contributed by atoms with Gasteiger partial charge in [0.2, 0.25) is 0 Å². The number of ether oxygens (including phenoxy) is 2. The molecule has 0 amide bonds. The summed E-state index contributed by atoms with van der Waals surface area (Å²) in [4.78, 5) is 38.7. The van der Waals surface area contributed by atoms with Crippen LogP contribution in [0.3, 0.4) is 0 Å². The number of nitrogens with zero attached hydrogens (tertiary/aromatic N) is 2. The summed E-state index contributed by atoms with van der Waals surface area (Å²) < 4.78 is 58.6. The maximum Gasteiger partial charge on any atom is 0.333 e. The number of esters is 1. The SMILES string of the molecule is COC(=O)/C=C/Cn1c(=O)c(C)cn([C@@H]2O[C@H](CO[Si](C)(C)C(C)(C)C)C3(OS(=O)(=O)C=C3N)[C@H]2O[Si](C)(C)C(C)(C)C)c1=O. The molecular formula is C29H49N3O10SSi2. The number of allylic oxidation sites excluding steroid dienone is 1. The third-order valence-corrected chi connectivity index (χ3v) is 19.5. The zero-order chi connectivity index (χ0) is 34.6. The molecule has 1 saturated heterocycles. The fourth-order valence-electron chi connectivity index (χ4n) is 4.64. The summed E-state index contributed by atoms with van der Waals surface area (Å²) in [6, 6.07) is 0. The Hall–Kier alpha value is -2.35. The van der Waals surface area contributed by atoms with E-state index in [9.17, 15) is 22.8 Å². The molecule has 2 aliphatic rings. The van der Waals surface area contributed by atoms with Crippen molar-refractivity contribution in [1.29, 1.82) is 0 Å². The molecule has 1 aromatic heterocycles. The van der Waals surface area contributed by atoms with Crippen molar-refractivity contribution >= 4 is 32.7 Å². The van der Waals surface area contributed by atoms with Gasteiger partial charge in [0.05, 0.1) is 24.8 Å². The number of nitrogens with two attached hydrogens (primary N) is 1. The summed E-state index contributed by atoms with van der Waals surface area (Å²) in [6.07, 6.45) is 0.198. The van der Waals surface area contributed by atoms with Crippen LogP contribution in [0.5, 0.6) is 0 Å². The third kappa shape index (κ3) is 7.16. The van der Waals surface area contributed by atoms with Gasteiger partial charge in [-0.25, -0.2) is 13.8 Å². The van der Waals surface area contributed by atoms with Crippen LogP contribution in [-0.4, -0.2) is 71.7 Å². The average Bonchev–Trinajstić information content (AvgIpc) is 3.31. The van der Waals surface area contributed by atoms with Crippen molar-refractivity contribution in [1.82, 2.24) is 9.13 Å². The molecule has 2 aliphatic heterocycles. The second-order valence-electron chi connectivity index (χ2n) is 14.7. The minimum Gasteiger partial charge on any atom is -0.466 e. The smallest absolute Gasteiger partial charge is 0.333 e. The standard InChI is InChI=1S/C29H49N3O10SSi2/c1-19-16-32(26(35)31(24(19)34)15-13-14-22(33)38-8)25-23(41-45(11,12)28(5,6)7)29(20(30)18-43(36,37)42-29)21(40-25)17-39-44(9,10)27(2,3)4/h13-14,16,18,21,23,25H,15,17,30H2,1-12H3/b14-13+/t21-,23+,25-,29?/m1/s1. The van der Waals surface area contributed by atoms with Crippen molar-refractivity contribution in [2.24, 2.45) is 5.73 Å². The van der Waals surface area contributed by atoms with Crippen molar-refractivity contribution in [2.75, 3.05) is 13.7 Å². The van der Waals surface area contributed by atoms with Gasteiger partial charge in [-0.05, 0) is 43.2 Å². The molecular weight excluding hydrogens is 639 g/mol. The van der Waals surface area contributed by atoms with E-state index in [1.54, 1.807) is 0 Å². The molecule has 254 valence electrons. The topological polar surface area (TPSA) is 167 Å². The van der Waals surface area contributed by atoms with E-state index in [-0.39, 0.29) is 34.5 Å². The Morgan fingerprint density at radius 1 is 1.09 bits per heavy atom. The zero-order valence-corrected chi connectivity index (χ0v) is 31.2. The number of methoxy groups -OCH3 is 1. The molecule has 0 aromatic carbocycles. The molecule has 4 atom stereocenters. The fourth-order valence-corrected chi connectivity index (χ4v) is 8.14. The van der Waals surface area contributed by atoms with Crippen LogP contribution in [0.4, 0.5) is 0 Å². The van der Waals surface area contributed by atoms with Crippen molar-refractivity contribution in [3.8, 4) is 0 Å². The highest BCUT2D eigenvalue weighted by atomic mass is 32.2. The molecule has 0 aliphatic carbocycles. The molecule has 16 heteroatoms. The number of hydrogen-bond donors (Lipinski definition) is 1. The highest BCUT2D eigenvalue weighted by molar-refractivity contribution is 7.90. The lowest BCUT2D eigenvalue weighted by Crippen LogP contribution is -2.59. The van der Waals surface area contributed by atoms with Crippen LogP contribution in [0.2, 0.25) is 36.3 Å². The van der Waals surface area contributed by atoms with E-state index in [1.165, 1.54) is 30.9 Å². The van der Waals surface area contributed by atoms with Crippen LogP contribution < -0.4 is 17.0 Å². The predicted octanol–water partition coefficient (Wildman–Crippen LogP) is 3.26. The minimum absolute atomic E-state index is 0.0936. The number of carbonyl (C=O) groups is 1. The average molecular weight is 688 g/mol. The molecule has 45 heavy (non-hydrogen) atoms. The molecule has 1 spiro atoms. The van der Waals surface area contributed by atoms with Crippen LogP contribution in [0.15, 0.2) is 39.0 Å². The Morgan fingerprint density at radius 2 is 1.67 bits per heavy atom. The van der Waals surface area contributed by atoms with Crippen LogP contribution in [0.1, 0.15) is 53.3 Å². The predicted molar refractivity (Wildman–Crippen MR) is 175 cm³/mol. The summed E-state index contributed by atoms with van der Waals surface area (Å²) >= 11 is 0. The van der Waals surface area contributed by atoms with Gasteiger partial charge in [0, 0.05) is 24.4 Å². The molecule has 2 N–H and O–H groups in total. The lowest BCUT2D eigenvalue weighted by atomic mass is 9.89. The van der Waals surface area contributed by atoms with Crippen LogP contribution >= 0.6 is 0 Å². The van der Waals surface area contributed by atoms with Gasteiger partial charge in [-0.2, -0.15) is 8.42 Å². The lowest BCUT2D eigenvalue weighted by Gasteiger charge is -2.43. The maximum absolute atomic E-state index is 14.0. The Balaban J connectivity index is 2.28. The Kier molecular flexibility index (Phi) is 10.2. The van der Waals surface area contributed by atoms with Gasteiger partial charge in [0.1, 0.15) is 12.2 Å². The van der Waals surface area contributed by atoms with Gasteiger partial charge < -0.3 is 24.1 Å². The summed E-state index contributed by atoms with van der Waals surface area (Å²) in [6.45, 7) is 21.5. The van der Waals surface area contributed by atoms with E-state index >= 15 is 0 Å². The largest absolute Gasteiger partial charge is 0.466 e. The Bertz CT molecular complexity index is 1600. The van der Waals surface area contributed by atoms with E-state index < -0.39 is 68.0 Å². The van der Waals surface area contributed by atoms with E-state index in [0.717, 1.165) is 16.1 Å². The normalized spacial score (nSPS) is 25.7. The fraction of sp³-hybridized carbons (Fsp3) is 0.690. The van der Waals surface area contributed by atoms with E-state index in [2.05, 4.69) is 25.5 Å². The van der Waals surface area contributed by atoms with Crippen molar-refractivity contribution < 1.29 is 35.7 Å². The Morgan fingerprint density at radius 3 is 2.16 bits per heavy atom. The van der Waals surface area contributed by atoms with Crippen molar-refractivity contribution in [3.63, 3.8) is 0 Å². The summed E-state index contributed by atoms with van der Waals surface area (Å²) in [5, 5.41) is 0.329. The maximum atomic E-state index is 14.0. The van der Waals surface area contributed by atoms with Crippen LogP contribution in [-0.2, 0) is 44.0 Å². The molecule has 1 aromatic rings. The van der Waals surface area contributed by atoms with Crippen LogP contribution in [0, 0.1) is 6.92 Å². The quantitative estimate of drug-likeness (QED) is 0.175. The van der Waals surface area contributed by atoms with Gasteiger partial charge in [-0.3, -0.25) is 13.9 Å². The molecule has 1 fully saturated rings. The first-order chi connectivity index (χ1) is 20.3. The lowest BCUT2D eigenvalue weighted by molar-refractivity contribution is -0.134. The second-order valence-corrected chi connectivity index (χ2v) is 25.6. The third-order valence-electron chi connectivity index (χ3n) is 9.45. The van der Waals surface area contributed by atoms with Gasteiger partial charge >= 0.3 is 11.7 Å². The summed E-state index contributed by atoms with van der Waals surface area (Å²) in [7, 11) is -8.19. The molecule has 3 heterocycles. The van der Waals surface area contributed by atoms with Gasteiger partial charge in [-0.15, -0.1) is 0 Å². The molecule has 3 rings (SSSR count). The molecule has 13 nitrogen and oxygen atoms in total. The molecule has 1 unspecified atom stereocenters. The first-order valence-electron chi connectivity index (χ1n) is 14.8. The van der Waals surface area contributed by atoms with E-state index in [0.29, 0.717) is 0 Å². The number of carbonyl (C=O) groups excluding carboxylic acids is 1. The number of rotatable bonds is 9. The Labute approximate surface area is 267 Å². The zero-order valence-electron chi connectivity index (χ0n) is 28.4. The number of aromatic nitrogens is 2.